The van der Waals surface area contributed by atoms with E-state index in [4.69, 9.17) is 0 Å². The van der Waals surface area contributed by atoms with E-state index in [1.165, 1.54) is 5.56 Å². The van der Waals surface area contributed by atoms with Gasteiger partial charge < -0.3 is 10.6 Å². The molecule has 4 heteroatoms. The number of carbonyl (C=O) groups excluding carboxylic acids is 1. The smallest absolute Gasteiger partial charge is 0.319 e. The second-order valence-electron chi connectivity index (χ2n) is 5.21. The minimum Gasteiger partial charge on any atom is -0.334 e. The van der Waals surface area contributed by atoms with E-state index >= 15 is 0 Å². The lowest BCUT2D eigenvalue weighted by Crippen LogP contribution is -2.28. The molecule has 0 aliphatic rings. The van der Waals surface area contributed by atoms with Crippen molar-refractivity contribution in [2.45, 2.75) is 26.3 Å². The summed E-state index contributed by atoms with van der Waals surface area (Å²) >= 11 is 3.39. The van der Waals surface area contributed by atoms with E-state index in [9.17, 15) is 4.79 Å². The van der Waals surface area contributed by atoms with Crippen LogP contribution in [0.4, 0.5) is 10.5 Å². The Morgan fingerprint density at radius 3 is 2.24 bits per heavy atom. The van der Waals surface area contributed by atoms with E-state index in [1.54, 1.807) is 0 Å². The highest BCUT2D eigenvalue weighted by Crippen LogP contribution is 2.17. The van der Waals surface area contributed by atoms with E-state index < -0.39 is 0 Å². The van der Waals surface area contributed by atoms with Gasteiger partial charge in [-0.3, -0.25) is 0 Å². The second-order valence-corrected chi connectivity index (χ2v) is 6.13. The van der Waals surface area contributed by atoms with Gasteiger partial charge in [-0.05, 0) is 41.3 Å². The van der Waals surface area contributed by atoms with Crippen molar-refractivity contribution >= 4 is 27.6 Å². The highest BCUT2D eigenvalue weighted by atomic mass is 79.9. The lowest BCUT2D eigenvalue weighted by Gasteiger charge is -2.10. The summed E-state index contributed by atoms with van der Waals surface area (Å²) in [4.78, 5) is 11.8. The van der Waals surface area contributed by atoms with Gasteiger partial charge in [-0.15, -0.1) is 0 Å². The number of urea groups is 1. The fourth-order valence-corrected chi connectivity index (χ4v) is 2.18. The molecule has 0 atom stereocenters. The molecule has 0 aliphatic heterocycles. The van der Waals surface area contributed by atoms with Gasteiger partial charge in [0.2, 0.25) is 0 Å². The second kappa shape index (κ2) is 7.27. The number of anilines is 1. The third-order valence-corrected chi connectivity index (χ3v) is 3.73. The third-order valence-electron chi connectivity index (χ3n) is 3.20. The van der Waals surface area contributed by atoms with Crippen LogP contribution in [-0.4, -0.2) is 6.03 Å². The SMILES string of the molecule is CC(C)c1ccc(NC(=O)NCc2ccc(Br)cc2)cc1. The monoisotopic (exact) mass is 346 g/mol. The van der Waals surface area contributed by atoms with Gasteiger partial charge in [-0.25, -0.2) is 4.79 Å². The van der Waals surface area contributed by atoms with Gasteiger partial charge in [0.05, 0.1) is 0 Å². The average Bonchev–Trinajstić information content (AvgIpc) is 2.47. The molecule has 2 aromatic carbocycles. The predicted octanol–water partition coefficient (Wildman–Crippen LogP) is 4.89. The summed E-state index contributed by atoms with van der Waals surface area (Å²) in [7, 11) is 0. The van der Waals surface area contributed by atoms with Crippen LogP contribution >= 0.6 is 15.9 Å². The van der Waals surface area contributed by atoms with Gasteiger partial charge in [0.25, 0.3) is 0 Å². The molecule has 0 saturated heterocycles. The Morgan fingerprint density at radius 1 is 1.05 bits per heavy atom. The molecule has 0 fully saturated rings. The Hall–Kier alpha value is -1.81. The van der Waals surface area contributed by atoms with Crippen molar-refractivity contribution in [2.75, 3.05) is 5.32 Å². The first-order valence-electron chi connectivity index (χ1n) is 6.94. The number of hydrogen-bond acceptors (Lipinski definition) is 1. The number of nitrogens with one attached hydrogen (secondary N) is 2. The Kier molecular flexibility index (Phi) is 5.39. The first kappa shape index (κ1) is 15.6. The molecule has 3 nitrogen and oxygen atoms in total. The summed E-state index contributed by atoms with van der Waals surface area (Å²) in [6, 6.07) is 15.6. The fourth-order valence-electron chi connectivity index (χ4n) is 1.91. The Balaban J connectivity index is 1.85. The van der Waals surface area contributed by atoms with Crippen molar-refractivity contribution in [1.82, 2.24) is 5.32 Å². The van der Waals surface area contributed by atoms with Crippen molar-refractivity contribution in [2.24, 2.45) is 0 Å². The molecular weight excluding hydrogens is 328 g/mol. The van der Waals surface area contributed by atoms with Crippen LogP contribution in [0.25, 0.3) is 0 Å². The molecule has 0 unspecified atom stereocenters. The summed E-state index contributed by atoms with van der Waals surface area (Å²) in [5.41, 5.74) is 3.12. The largest absolute Gasteiger partial charge is 0.334 e. The van der Waals surface area contributed by atoms with Crippen LogP contribution in [-0.2, 0) is 6.54 Å². The molecule has 2 aromatic rings. The molecule has 0 heterocycles. The first-order chi connectivity index (χ1) is 10.0. The van der Waals surface area contributed by atoms with Gasteiger partial charge in [-0.1, -0.05) is 54.0 Å². The zero-order chi connectivity index (χ0) is 15.2. The van der Waals surface area contributed by atoms with Gasteiger partial charge in [-0.2, -0.15) is 0 Å². The summed E-state index contributed by atoms with van der Waals surface area (Å²) in [6.07, 6.45) is 0. The summed E-state index contributed by atoms with van der Waals surface area (Å²) in [6.45, 7) is 4.80. The third kappa shape index (κ3) is 4.90. The van der Waals surface area contributed by atoms with Crippen LogP contribution in [0.2, 0.25) is 0 Å². The molecule has 2 N–H and O–H groups in total. The Bertz CT molecular complexity index is 591. The molecule has 0 aromatic heterocycles. The maximum atomic E-state index is 11.8. The molecule has 21 heavy (non-hydrogen) atoms. The predicted molar refractivity (Wildman–Crippen MR) is 90.5 cm³/mol. The number of rotatable bonds is 4. The Labute approximate surface area is 133 Å². The summed E-state index contributed by atoms with van der Waals surface area (Å²) < 4.78 is 1.03. The molecular formula is C17H19BrN2O. The number of hydrogen-bond donors (Lipinski definition) is 2. The normalized spacial score (nSPS) is 10.5. The van der Waals surface area contributed by atoms with E-state index in [0.29, 0.717) is 12.5 Å². The van der Waals surface area contributed by atoms with Crippen LogP contribution in [0.5, 0.6) is 0 Å². The first-order valence-corrected chi connectivity index (χ1v) is 7.73. The van der Waals surface area contributed by atoms with Crippen molar-refractivity contribution in [3.8, 4) is 0 Å². The van der Waals surface area contributed by atoms with Gasteiger partial charge in [0.15, 0.2) is 0 Å². The lowest BCUT2D eigenvalue weighted by molar-refractivity contribution is 0.251. The lowest BCUT2D eigenvalue weighted by atomic mass is 10.0. The molecule has 0 radical (unpaired) electrons. The zero-order valence-corrected chi connectivity index (χ0v) is 13.8. The fraction of sp³-hybridized carbons (Fsp3) is 0.235. The molecule has 110 valence electrons. The van der Waals surface area contributed by atoms with Crippen LogP contribution < -0.4 is 10.6 Å². The van der Waals surface area contributed by atoms with Gasteiger partial charge in [0, 0.05) is 16.7 Å². The van der Waals surface area contributed by atoms with Crippen molar-refractivity contribution in [3.63, 3.8) is 0 Å². The topological polar surface area (TPSA) is 41.1 Å². The number of carbonyl (C=O) groups is 1. The van der Waals surface area contributed by atoms with Crippen LogP contribution in [0.15, 0.2) is 53.0 Å². The quantitative estimate of drug-likeness (QED) is 0.812. The molecule has 0 spiro atoms. The number of amides is 2. The van der Waals surface area contributed by atoms with E-state index in [0.717, 1.165) is 15.7 Å². The van der Waals surface area contributed by atoms with E-state index in [2.05, 4.69) is 40.4 Å². The maximum Gasteiger partial charge on any atom is 0.319 e. The van der Waals surface area contributed by atoms with Crippen LogP contribution in [0, 0.1) is 0 Å². The van der Waals surface area contributed by atoms with Crippen molar-refractivity contribution in [1.29, 1.82) is 0 Å². The number of halogens is 1. The average molecular weight is 347 g/mol. The maximum absolute atomic E-state index is 11.8. The zero-order valence-electron chi connectivity index (χ0n) is 12.2. The van der Waals surface area contributed by atoms with Crippen molar-refractivity contribution in [3.05, 3.63) is 64.1 Å². The molecule has 0 bridgehead atoms. The van der Waals surface area contributed by atoms with E-state index in [1.807, 2.05) is 48.5 Å². The van der Waals surface area contributed by atoms with Gasteiger partial charge in [0.1, 0.15) is 0 Å². The van der Waals surface area contributed by atoms with Crippen LogP contribution in [0.1, 0.15) is 30.9 Å². The summed E-state index contributed by atoms with van der Waals surface area (Å²) in [5, 5.41) is 5.67. The standard InChI is InChI=1S/C17H19BrN2O/c1-12(2)14-5-9-16(10-6-14)20-17(21)19-11-13-3-7-15(18)8-4-13/h3-10,12H,11H2,1-2H3,(H2,19,20,21). The molecule has 2 rings (SSSR count). The molecule has 2 amide bonds. The van der Waals surface area contributed by atoms with E-state index in [-0.39, 0.29) is 6.03 Å². The van der Waals surface area contributed by atoms with Crippen LogP contribution in [0.3, 0.4) is 0 Å². The summed E-state index contributed by atoms with van der Waals surface area (Å²) in [5.74, 6) is 0.491. The highest BCUT2D eigenvalue weighted by molar-refractivity contribution is 9.10. The molecule has 0 aliphatic carbocycles. The minimum atomic E-state index is -0.199. The highest BCUT2D eigenvalue weighted by Gasteiger charge is 2.03. The minimum absolute atomic E-state index is 0.199. The van der Waals surface area contributed by atoms with Gasteiger partial charge >= 0.3 is 6.03 Å². The molecule has 0 saturated carbocycles. The Morgan fingerprint density at radius 2 is 1.67 bits per heavy atom. The van der Waals surface area contributed by atoms with Crippen molar-refractivity contribution < 1.29 is 4.79 Å². The number of benzene rings is 2.